The van der Waals surface area contributed by atoms with Gasteiger partial charge in [0.15, 0.2) is 0 Å². The molecule has 2 N–H and O–H groups in total. The number of hydrogen-bond donors (Lipinski definition) is 2. The lowest BCUT2D eigenvalue weighted by atomic mass is 10.1. The summed E-state index contributed by atoms with van der Waals surface area (Å²) < 4.78 is 0. The van der Waals surface area contributed by atoms with E-state index >= 15 is 0 Å². The number of aliphatic hydroxyl groups is 1. The fourth-order valence-electron chi connectivity index (χ4n) is 0.928. The lowest BCUT2D eigenvalue weighted by Crippen LogP contribution is -2.26. The molecule has 3 nitrogen and oxygen atoms in total. The molecule has 1 amide bonds. The van der Waals surface area contributed by atoms with Crippen LogP contribution in [0.3, 0.4) is 0 Å². The molecule has 0 aromatic heterocycles. The lowest BCUT2D eigenvalue weighted by molar-refractivity contribution is 0.0945. The van der Waals surface area contributed by atoms with Crippen molar-refractivity contribution in [2.75, 3.05) is 13.2 Å². The van der Waals surface area contributed by atoms with Gasteiger partial charge in [-0.05, 0) is 24.6 Å². The zero-order valence-electron chi connectivity index (χ0n) is 7.29. The SMILES string of the molecule is [CH2]c1ccc(C(=O)NCCO)cc1. The highest BCUT2D eigenvalue weighted by atomic mass is 16.3. The zero-order valence-corrected chi connectivity index (χ0v) is 7.29. The van der Waals surface area contributed by atoms with Gasteiger partial charge in [-0.3, -0.25) is 4.79 Å². The molecule has 0 saturated carbocycles. The molecule has 0 atom stereocenters. The van der Waals surface area contributed by atoms with E-state index in [2.05, 4.69) is 12.2 Å². The Kier molecular flexibility index (Phi) is 3.46. The van der Waals surface area contributed by atoms with Crippen molar-refractivity contribution in [2.24, 2.45) is 0 Å². The van der Waals surface area contributed by atoms with E-state index in [0.717, 1.165) is 5.56 Å². The molecule has 0 aliphatic rings. The molecule has 0 heterocycles. The minimum Gasteiger partial charge on any atom is -0.395 e. The van der Waals surface area contributed by atoms with E-state index in [-0.39, 0.29) is 19.1 Å². The van der Waals surface area contributed by atoms with Crippen LogP contribution in [0, 0.1) is 6.92 Å². The van der Waals surface area contributed by atoms with Gasteiger partial charge < -0.3 is 10.4 Å². The smallest absolute Gasteiger partial charge is 0.251 e. The van der Waals surface area contributed by atoms with Gasteiger partial charge in [-0.2, -0.15) is 0 Å². The summed E-state index contributed by atoms with van der Waals surface area (Å²) in [5.41, 5.74) is 1.46. The summed E-state index contributed by atoms with van der Waals surface area (Å²) in [4.78, 5) is 11.3. The molecule has 0 aliphatic heterocycles. The summed E-state index contributed by atoms with van der Waals surface area (Å²) in [5, 5.41) is 11.0. The number of carbonyl (C=O) groups is 1. The van der Waals surface area contributed by atoms with Gasteiger partial charge in [0.25, 0.3) is 5.91 Å². The monoisotopic (exact) mass is 178 g/mol. The zero-order chi connectivity index (χ0) is 9.68. The molecule has 1 radical (unpaired) electrons. The van der Waals surface area contributed by atoms with Crippen molar-refractivity contribution in [3.8, 4) is 0 Å². The summed E-state index contributed by atoms with van der Waals surface area (Å²) in [7, 11) is 0. The van der Waals surface area contributed by atoms with Crippen molar-refractivity contribution < 1.29 is 9.90 Å². The van der Waals surface area contributed by atoms with Crippen LogP contribution in [0.5, 0.6) is 0 Å². The van der Waals surface area contributed by atoms with Crippen LogP contribution in [0.1, 0.15) is 15.9 Å². The number of aliphatic hydroxyl groups excluding tert-OH is 1. The van der Waals surface area contributed by atoms with Crippen LogP contribution < -0.4 is 5.32 Å². The third kappa shape index (κ3) is 2.87. The number of hydrogen-bond acceptors (Lipinski definition) is 2. The molecule has 0 bridgehead atoms. The molecule has 3 heteroatoms. The molecule has 1 aromatic rings. The first kappa shape index (κ1) is 9.74. The highest BCUT2D eigenvalue weighted by Crippen LogP contribution is 2.02. The van der Waals surface area contributed by atoms with Crippen LogP contribution in [0.4, 0.5) is 0 Å². The van der Waals surface area contributed by atoms with Gasteiger partial charge >= 0.3 is 0 Å². The molecule has 1 rings (SSSR count). The lowest BCUT2D eigenvalue weighted by Gasteiger charge is -2.02. The Morgan fingerprint density at radius 3 is 2.54 bits per heavy atom. The van der Waals surface area contributed by atoms with E-state index in [1.807, 2.05) is 0 Å². The molecular weight excluding hydrogens is 166 g/mol. The Bertz CT molecular complexity index is 279. The van der Waals surface area contributed by atoms with Gasteiger partial charge in [0.1, 0.15) is 0 Å². The van der Waals surface area contributed by atoms with Gasteiger partial charge in [-0.1, -0.05) is 12.1 Å². The first-order chi connectivity index (χ1) is 6.24. The average Bonchev–Trinajstić information content (AvgIpc) is 2.15. The Morgan fingerprint density at radius 2 is 2.00 bits per heavy atom. The number of amides is 1. The maximum atomic E-state index is 11.3. The van der Waals surface area contributed by atoms with Crippen molar-refractivity contribution in [1.82, 2.24) is 5.32 Å². The molecule has 69 valence electrons. The van der Waals surface area contributed by atoms with Crippen LogP contribution in [-0.4, -0.2) is 24.2 Å². The number of nitrogens with one attached hydrogen (secondary N) is 1. The minimum absolute atomic E-state index is 0.0425. The Hall–Kier alpha value is -1.35. The molecule has 0 spiro atoms. The molecular formula is C10H12NO2. The molecule has 13 heavy (non-hydrogen) atoms. The third-order valence-corrected chi connectivity index (χ3v) is 1.61. The number of rotatable bonds is 3. The predicted molar refractivity (Wildman–Crippen MR) is 50.3 cm³/mol. The Labute approximate surface area is 77.4 Å². The Morgan fingerprint density at radius 1 is 1.38 bits per heavy atom. The quantitative estimate of drug-likeness (QED) is 0.711. The molecule has 1 aromatic carbocycles. The van der Waals surface area contributed by atoms with E-state index in [0.29, 0.717) is 5.56 Å². The summed E-state index contributed by atoms with van der Waals surface area (Å²) in [6.45, 7) is 3.95. The average molecular weight is 178 g/mol. The second-order valence-electron chi connectivity index (χ2n) is 2.68. The minimum atomic E-state index is -0.172. The fraction of sp³-hybridized carbons (Fsp3) is 0.200. The summed E-state index contributed by atoms with van der Waals surface area (Å²) >= 11 is 0. The van der Waals surface area contributed by atoms with Crippen LogP contribution >= 0.6 is 0 Å². The first-order valence-corrected chi connectivity index (χ1v) is 4.05. The van der Waals surface area contributed by atoms with E-state index in [1.165, 1.54) is 0 Å². The molecule has 0 unspecified atom stereocenters. The van der Waals surface area contributed by atoms with Crippen molar-refractivity contribution >= 4 is 5.91 Å². The molecule has 0 saturated heterocycles. The summed E-state index contributed by atoms with van der Waals surface area (Å²) in [6.07, 6.45) is 0. The van der Waals surface area contributed by atoms with Crippen LogP contribution in [0.25, 0.3) is 0 Å². The second-order valence-corrected chi connectivity index (χ2v) is 2.68. The molecule has 0 aliphatic carbocycles. The van der Waals surface area contributed by atoms with Gasteiger partial charge in [0, 0.05) is 12.1 Å². The maximum Gasteiger partial charge on any atom is 0.251 e. The van der Waals surface area contributed by atoms with E-state index in [1.54, 1.807) is 24.3 Å². The summed E-state index contributed by atoms with van der Waals surface area (Å²) in [5.74, 6) is -0.172. The topological polar surface area (TPSA) is 49.3 Å². The fourth-order valence-corrected chi connectivity index (χ4v) is 0.928. The van der Waals surface area contributed by atoms with Crippen molar-refractivity contribution in [2.45, 2.75) is 0 Å². The van der Waals surface area contributed by atoms with Crippen LogP contribution in [0.15, 0.2) is 24.3 Å². The second kappa shape index (κ2) is 4.62. The van der Waals surface area contributed by atoms with Crippen molar-refractivity contribution in [1.29, 1.82) is 0 Å². The Balaban J connectivity index is 2.61. The van der Waals surface area contributed by atoms with Crippen molar-refractivity contribution in [3.05, 3.63) is 42.3 Å². The number of benzene rings is 1. The van der Waals surface area contributed by atoms with Gasteiger partial charge in [0.05, 0.1) is 6.61 Å². The van der Waals surface area contributed by atoms with Gasteiger partial charge in [-0.25, -0.2) is 0 Å². The van der Waals surface area contributed by atoms with Crippen LogP contribution in [-0.2, 0) is 0 Å². The largest absolute Gasteiger partial charge is 0.395 e. The highest BCUT2D eigenvalue weighted by molar-refractivity contribution is 5.94. The van der Waals surface area contributed by atoms with Crippen molar-refractivity contribution in [3.63, 3.8) is 0 Å². The maximum absolute atomic E-state index is 11.3. The normalized spacial score (nSPS) is 9.69. The van der Waals surface area contributed by atoms with E-state index in [9.17, 15) is 4.79 Å². The molecule has 0 fully saturated rings. The summed E-state index contributed by atoms with van der Waals surface area (Å²) in [6, 6.07) is 6.95. The third-order valence-electron chi connectivity index (χ3n) is 1.61. The van der Waals surface area contributed by atoms with E-state index < -0.39 is 0 Å². The first-order valence-electron chi connectivity index (χ1n) is 4.05. The van der Waals surface area contributed by atoms with Gasteiger partial charge in [-0.15, -0.1) is 0 Å². The van der Waals surface area contributed by atoms with Crippen LogP contribution in [0.2, 0.25) is 0 Å². The predicted octanol–water partition coefficient (Wildman–Crippen LogP) is 0.591. The highest BCUT2D eigenvalue weighted by Gasteiger charge is 2.02. The van der Waals surface area contributed by atoms with E-state index in [4.69, 9.17) is 5.11 Å². The standard InChI is InChI=1S/C10H12NO2/c1-8-2-4-9(5-3-8)10(13)11-6-7-12/h2-5,12H,1,6-7H2,(H,11,13). The number of carbonyl (C=O) groups excluding carboxylic acids is 1. The van der Waals surface area contributed by atoms with Gasteiger partial charge in [0.2, 0.25) is 0 Å².